The van der Waals surface area contributed by atoms with Crippen molar-refractivity contribution in [2.45, 2.75) is 6.92 Å². The third-order valence-corrected chi connectivity index (χ3v) is 4.27. The molecule has 0 radical (unpaired) electrons. The number of rotatable bonds is 3. The highest BCUT2D eigenvalue weighted by molar-refractivity contribution is 6.49. The summed E-state index contributed by atoms with van der Waals surface area (Å²) in [7, 11) is 3.52. The Hall–Kier alpha value is -2.88. The summed E-state index contributed by atoms with van der Waals surface area (Å²) in [5, 5.41) is 0.812. The van der Waals surface area contributed by atoms with E-state index in [9.17, 15) is 9.59 Å². The Morgan fingerprint density at radius 3 is 2.26 bits per heavy atom. The first-order valence-corrected chi connectivity index (χ1v) is 7.44. The van der Waals surface area contributed by atoms with E-state index in [1.54, 1.807) is 19.2 Å². The summed E-state index contributed by atoms with van der Waals surface area (Å²) in [6, 6.07) is 16.8. The van der Waals surface area contributed by atoms with E-state index in [2.05, 4.69) is 0 Å². The number of fused-ring (bicyclic) bond motifs is 1. The minimum Gasteiger partial charge on any atom is -0.347 e. The zero-order chi connectivity index (χ0) is 16.6. The van der Waals surface area contributed by atoms with Gasteiger partial charge < -0.3 is 9.47 Å². The van der Waals surface area contributed by atoms with Crippen LogP contribution in [0.5, 0.6) is 0 Å². The van der Waals surface area contributed by atoms with Crippen molar-refractivity contribution in [2.24, 2.45) is 7.05 Å². The number of para-hydroxylation sites is 2. The highest BCUT2D eigenvalue weighted by Gasteiger charge is 2.27. The standard InChI is InChI=1S/C19H18N2O2/c1-13-17(15-11-7-8-12-16(15)20(13)2)18(22)19(23)21(3)14-9-5-4-6-10-14/h4-12H,1-3H3. The molecule has 0 aliphatic rings. The number of aromatic nitrogens is 1. The van der Waals surface area contributed by atoms with Crippen LogP contribution in [0.4, 0.5) is 5.69 Å². The largest absolute Gasteiger partial charge is 0.347 e. The van der Waals surface area contributed by atoms with Crippen LogP contribution in [0.3, 0.4) is 0 Å². The monoisotopic (exact) mass is 306 g/mol. The first-order chi connectivity index (χ1) is 11.0. The van der Waals surface area contributed by atoms with Crippen LogP contribution in [-0.4, -0.2) is 23.3 Å². The molecule has 0 aliphatic carbocycles. The molecule has 3 aromatic rings. The van der Waals surface area contributed by atoms with Gasteiger partial charge in [-0.05, 0) is 25.1 Å². The van der Waals surface area contributed by atoms with Crippen LogP contribution in [0.25, 0.3) is 10.9 Å². The zero-order valence-electron chi connectivity index (χ0n) is 13.4. The van der Waals surface area contributed by atoms with Gasteiger partial charge in [-0.2, -0.15) is 0 Å². The Morgan fingerprint density at radius 1 is 0.957 bits per heavy atom. The molecule has 0 saturated heterocycles. The predicted molar refractivity (Wildman–Crippen MR) is 91.8 cm³/mol. The van der Waals surface area contributed by atoms with Crippen molar-refractivity contribution < 1.29 is 9.59 Å². The summed E-state index contributed by atoms with van der Waals surface area (Å²) < 4.78 is 1.94. The fraction of sp³-hybridized carbons (Fsp3) is 0.158. The van der Waals surface area contributed by atoms with Crippen molar-refractivity contribution in [3.8, 4) is 0 Å². The van der Waals surface area contributed by atoms with Crippen molar-refractivity contribution in [1.29, 1.82) is 0 Å². The molecule has 0 N–H and O–H groups in total. The molecule has 3 rings (SSSR count). The minimum absolute atomic E-state index is 0.481. The molecule has 0 unspecified atom stereocenters. The van der Waals surface area contributed by atoms with Gasteiger partial charge in [0.1, 0.15) is 0 Å². The molecule has 116 valence electrons. The number of likely N-dealkylation sites (N-methyl/N-ethyl adjacent to an activating group) is 1. The third-order valence-electron chi connectivity index (χ3n) is 4.27. The predicted octanol–water partition coefficient (Wildman–Crippen LogP) is 3.33. The fourth-order valence-corrected chi connectivity index (χ4v) is 2.84. The van der Waals surface area contributed by atoms with Gasteiger partial charge in [0.2, 0.25) is 0 Å². The van der Waals surface area contributed by atoms with Crippen LogP contribution < -0.4 is 4.90 Å². The molecule has 4 heteroatoms. The number of anilines is 1. The third kappa shape index (κ3) is 2.42. The quantitative estimate of drug-likeness (QED) is 0.550. The van der Waals surface area contributed by atoms with Crippen molar-refractivity contribution in [3.05, 3.63) is 65.9 Å². The van der Waals surface area contributed by atoms with E-state index in [0.29, 0.717) is 11.3 Å². The van der Waals surface area contributed by atoms with E-state index in [4.69, 9.17) is 0 Å². The number of ketones is 1. The van der Waals surface area contributed by atoms with Crippen LogP contribution in [0.2, 0.25) is 0 Å². The molecular formula is C19H18N2O2. The lowest BCUT2D eigenvalue weighted by Gasteiger charge is -2.16. The highest BCUT2D eigenvalue weighted by Crippen LogP contribution is 2.26. The van der Waals surface area contributed by atoms with Crippen LogP contribution in [-0.2, 0) is 11.8 Å². The van der Waals surface area contributed by atoms with Gasteiger partial charge in [-0.15, -0.1) is 0 Å². The van der Waals surface area contributed by atoms with Crippen molar-refractivity contribution in [2.75, 3.05) is 11.9 Å². The summed E-state index contributed by atoms with van der Waals surface area (Å²) in [6.07, 6.45) is 0. The molecule has 4 nitrogen and oxygen atoms in total. The lowest BCUT2D eigenvalue weighted by atomic mass is 10.1. The van der Waals surface area contributed by atoms with Crippen molar-refractivity contribution in [1.82, 2.24) is 4.57 Å². The molecule has 0 saturated carbocycles. The molecule has 0 spiro atoms. The molecule has 1 heterocycles. The molecule has 1 amide bonds. The summed E-state index contributed by atoms with van der Waals surface area (Å²) in [5.74, 6) is -1.01. The molecule has 0 fully saturated rings. The molecule has 0 aliphatic heterocycles. The van der Waals surface area contributed by atoms with Gasteiger partial charge in [-0.3, -0.25) is 9.59 Å². The van der Waals surface area contributed by atoms with Crippen LogP contribution in [0.15, 0.2) is 54.6 Å². The lowest BCUT2D eigenvalue weighted by molar-refractivity contribution is -0.114. The maximum atomic E-state index is 12.8. The molecular weight excluding hydrogens is 288 g/mol. The van der Waals surface area contributed by atoms with Crippen molar-refractivity contribution >= 4 is 28.3 Å². The van der Waals surface area contributed by atoms with Gasteiger partial charge in [-0.1, -0.05) is 36.4 Å². The second-order valence-corrected chi connectivity index (χ2v) is 5.57. The maximum absolute atomic E-state index is 12.8. The average Bonchev–Trinajstić information content (AvgIpc) is 2.85. The smallest absolute Gasteiger partial charge is 0.299 e. The molecule has 0 bridgehead atoms. The zero-order valence-corrected chi connectivity index (χ0v) is 13.4. The Morgan fingerprint density at radius 2 is 1.57 bits per heavy atom. The van der Waals surface area contributed by atoms with E-state index in [1.165, 1.54) is 4.90 Å². The van der Waals surface area contributed by atoms with Gasteiger partial charge in [0.05, 0.1) is 5.56 Å². The number of hydrogen-bond acceptors (Lipinski definition) is 2. The summed E-state index contributed by atoms with van der Waals surface area (Å²) in [4.78, 5) is 26.8. The topological polar surface area (TPSA) is 42.3 Å². The number of carbonyl (C=O) groups excluding carboxylic acids is 2. The number of aryl methyl sites for hydroxylation is 1. The molecule has 2 aromatic carbocycles. The first-order valence-electron chi connectivity index (χ1n) is 7.44. The van der Waals surface area contributed by atoms with Gasteiger partial charge in [0, 0.05) is 36.4 Å². The maximum Gasteiger partial charge on any atom is 0.299 e. The summed E-state index contributed by atoms with van der Waals surface area (Å²) in [6.45, 7) is 1.86. The number of nitrogens with zero attached hydrogens (tertiary/aromatic N) is 2. The van der Waals surface area contributed by atoms with Gasteiger partial charge in [0.15, 0.2) is 0 Å². The Bertz CT molecular complexity index is 894. The highest BCUT2D eigenvalue weighted by atomic mass is 16.2. The number of Topliss-reactive ketones (excluding diaryl/α,β-unsaturated/α-hetero) is 1. The van der Waals surface area contributed by atoms with E-state index < -0.39 is 11.7 Å². The van der Waals surface area contributed by atoms with Gasteiger partial charge in [0.25, 0.3) is 11.7 Å². The minimum atomic E-state index is -0.532. The number of benzene rings is 2. The first kappa shape index (κ1) is 15.0. The van der Waals surface area contributed by atoms with Crippen LogP contribution in [0.1, 0.15) is 16.1 Å². The van der Waals surface area contributed by atoms with E-state index in [1.807, 2.05) is 61.0 Å². The number of hydrogen-bond donors (Lipinski definition) is 0. The van der Waals surface area contributed by atoms with E-state index in [-0.39, 0.29) is 0 Å². The van der Waals surface area contributed by atoms with Gasteiger partial charge in [-0.25, -0.2) is 0 Å². The molecule has 23 heavy (non-hydrogen) atoms. The number of carbonyl (C=O) groups is 2. The number of amides is 1. The van der Waals surface area contributed by atoms with Crippen LogP contribution >= 0.6 is 0 Å². The Kier molecular flexibility index (Phi) is 3.74. The molecule has 0 atom stereocenters. The SMILES string of the molecule is Cc1c(C(=O)C(=O)N(C)c2ccccc2)c2ccccc2n1C. The molecule has 1 aromatic heterocycles. The second-order valence-electron chi connectivity index (χ2n) is 5.57. The summed E-state index contributed by atoms with van der Waals surface area (Å²) >= 11 is 0. The lowest BCUT2D eigenvalue weighted by Crippen LogP contribution is -2.33. The van der Waals surface area contributed by atoms with E-state index >= 15 is 0 Å². The Balaban J connectivity index is 2.04. The second kappa shape index (κ2) is 5.72. The average molecular weight is 306 g/mol. The van der Waals surface area contributed by atoms with Crippen molar-refractivity contribution in [3.63, 3.8) is 0 Å². The van der Waals surface area contributed by atoms with E-state index in [0.717, 1.165) is 16.6 Å². The fourth-order valence-electron chi connectivity index (χ4n) is 2.84. The normalized spacial score (nSPS) is 10.7. The Labute approximate surface area is 134 Å². The van der Waals surface area contributed by atoms with Crippen LogP contribution in [0, 0.1) is 6.92 Å². The van der Waals surface area contributed by atoms with Gasteiger partial charge >= 0.3 is 0 Å². The summed E-state index contributed by atoms with van der Waals surface area (Å²) in [5.41, 5.74) is 2.93.